The number of unbranched alkanes of at least 4 members (excludes halogenated alkanes) is 4. The van der Waals surface area contributed by atoms with Crippen LogP contribution in [0.5, 0.6) is 0 Å². The van der Waals surface area contributed by atoms with E-state index in [2.05, 4.69) is 23.6 Å². The van der Waals surface area contributed by atoms with Gasteiger partial charge in [0, 0.05) is 13.5 Å². The first kappa shape index (κ1) is 29.1. The second-order valence-electron chi connectivity index (χ2n) is 6.46. The van der Waals surface area contributed by atoms with Crippen molar-refractivity contribution in [3.05, 3.63) is 12.2 Å². The van der Waals surface area contributed by atoms with E-state index >= 15 is 0 Å². The highest BCUT2D eigenvalue weighted by Gasteiger charge is 2.25. The zero-order valence-electron chi connectivity index (χ0n) is 18.0. The Morgan fingerprint density at radius 2 is 1.87 bits per heavy atom. The summed E-state index contributed by atoms with van der Waals surface area (Å²) in [7, 11) is -4.31. The molecule has 0 radical (unpaired) electrons. The molecule has 0 aromatic carbocycles. The van der Waals surface area contributed by atoms with E-state index in [0.717, 1.165) is 37.9 Å². The number of phosphoric ester groups is 1. The fourth-order valence-corrected chi connectivity index (χ4v) is 3.73. The van der Waals surface area contributed by atoms with Crippen LogP contribution in [0.1, 0.15) is 52.4 Å². The lowest BCUT2D eigenvalue weighted by Crippen LogP contribution is -2.29. The standard InChI is InChI=1S/C19H36NO8PS/c1-3-4-5-6-7-8-9-10-13-30-16-19(22)25-14-18(28-17(2)21)15-27-29(23,24)26-12-11-20/h5-6,18H,3-4,7-16,20H2,1-2H3,(H,23,24)/b6-5-. The summed E-state index contributed by atoms with van der Waals surface area (Å²) < 4.78 is 31.0. The van der Waals surface area contributed by atoms with Gasteiger partial charge in [-0.15, -0.1) is 0 Å². The van der Waals surface area contributed by atoms with Crippen molar-refractivity contribution in [2.75, 3.05) is 37.9 Å². The summed E-state index contributed by atoms with van der Waals surface area (Å²) in [6.45, 7) is 2.49. The molecule has 3 N–H and O–H groups in total. The minimum absolute atomic E-state index is 0.0482. The molecule has 0 saturated heterocycles. The van der Waals surface area contributed by atoms with Crippen LogP contribution >= 0.6 is 19.6 Å². The summed E-state index contributed by atoms with van der Waals surface area (Å²) in [6, 6.07) is 0. The number of thioether (sulfide) groups is 1. The largest absolute Gasteiger partial charge is 0.472 e. The summed E-state index contributed by atoms with van der Waals surface area (Å²) in [6.07, 6.45) is 10.1. The van der Waals surface area contributed by atoms with Gasteiger partial charge in [0.15, 0.2) is 6.10 Å². The fraction of sp³-hybridized carbons (Fsp3) is 0.789. The predicted octanol–water partition coefficient (Wildman–Crippen LogP) is 3.20. The van der Waals surface area contributed by atoms with Crippen molar-refractivity contribution in [1.29, 1.82) is 0 Å². The van der Waals surface area contributed by atoms with Gasteiger partial charge in [-0.2, -0.15) is 11.8 Å². The van der Waals surface area contributed by atoms with Crippen molar-refractivity contribution < 1.29 is 37.6 Å². The van der Waals surface area contributed by atoms with E-state index in [1.54, 1.807) is 0 Å². The Hall–Kier alpha value is -0.900. The lowest BCUT2D eigenvalue weighted by molar-refractivity contribution is -0.158. The maximum atomic E-state index is 11.8. The molecule has 0 saturated carbocycles. The smallest absolute Gasteiger partial charge is 0.461 e. The molecule has 0 aromatic heterocycles. The summed E-state index contributed by atoms with van der Waals surface area (Å²) >= 11 is 1.48. The second-order valence-corrected chi connectivity index (χ2v) is 9.02. The third-order valence-corrected chi connectivity index (χ3v) is 5.56. The third-order valence-electron chi connectivity index (χ3n) is 3.56. The number of rotatable bonds is 19. The molecule has 0 bridgehead atoms. The number of ether oxygens (including phenoxy) is 2. The Balaban J connectivity index is 3.99. The van der Waals surface area contributed by atoms with Gasteiger partial charge in [-0.1, -0.05) is 31.9 Å². The molecule has 0 heterocycles. The molecule has 0 spiro atoms. The van der Waals surface area contributed by atoms with Crippen LogP contribution in [0.4, 0.5) is 0 Å². The van der Waals surface area contributed by atoms with Gasteiger partial charge in [-0.3, -0.25) is 18.6 Å². The molecule has 0 aliphatic heterocycles. The van der Waals surface area contributed by atoms with Gasteiger partial charge < -0.3 is 20.1 Å². The molecule has 9 nitrogen and oxygen atoms in total. The number of allylic oxidation sites excluding steroid dienone is 2. The fourth-order valence-electron chi connectivity index (χ4n) is 2.16. The SMILES string of the molecule is CCC/C=C\CCCCCSCC(=O)OCC(COP(=O)(O)OCCN)OC(C)=O. The van der Waals surface area contributed by atoms with Crippen LogP contribution in [0, 0.1) is 0 Å². The molecule has 0 fully saturated rings. The van der Waals surface area contributed by atoms with Crippen LogP contribution in [0.25, 0.3) is 0 Å². The minimum Gasteiger partial charge on any atom is -0.461 e. The van der Waals surface area contributed by atoms with Crippen molar-refractivity contribution in [1.82, 2.24) is 0 Å². The van der Waals surface area contributed by atoms with Gasteiger partial charge in [0.25, 0.3) is 0 Å². The van der Waals surface area contributed by atoms with Gasteiger partial charge in [0.2, 0.25) is 0 Å². The quantitative estimate of drug-likeness (QED) is 0.126. The lowest BCUT2D eigenvalue weighted by Gasteiger charge is -2.19. The van der Waals surface area contributed by atoms with E-state index < -0.39 is 32.5 Å². The van der Waals surface area contributed by atoms with Crippen LogP contribution in [0.15, 0.2) is 12.2 Å². The first-order chi connectivity index (χ1) is 14.3. The molecule has 0 amide bonds. The van der Waals surface area contributed by atoms with E-state index in [1.807, 2.05) is 0 Å². The monoisotopic (exact) mass is 469 g/mol. The first-order valence-electron chi connectivity index (χ1n) is 10.2. The van der Waals surface area contributed by atoms with E-state index in [0.29, 0.717) is 0 Å². The second kappa shape index (κ2) is 18.8. The Kier molecular flexibility index (Phi) is 18.3. The zero-order chi connectivity index (χ0) is 22.7. The lowest BCUT2D eigenvalue weighted by atomic mass is 10.2. The molecule has 0 aliphatic rings. The Bertz CT molecular complexity index is 547. The number of carbonyl (C=O) groups excluding carboxylic acids is 2. The molecule has 2 unspecified atom stereocenters. The van der Waals surface area contributed by atoms with Gasteiger partial charge in [-0.05, 0) is 31.4 Å². The van der Waals surface area contributed by atoms with Crippen molar-refractivity contribution in [3.8, 4) is 0 Å². The first-order valence-corrected chi connectivity index (χ1v) is 12.8. The van der Waals surface area contributed by atoms with Crippen molar-refractivity contribution in [2.24, 2.45) is 5.73 Å². The Morgan fingerprint density at radius 1 is 1.13 bits per heavy atom. The summed E-state index contributed by atoms with van der Waals surface area (Å²) in [4.78, 5) is 32.5. The highest BCUT2D eigenvalue weighted by atomic mass is 32.2. The molecule has 30 heavy (non-hydrogen) atoms. The third kappa shape index (κ3) is 19.1. The van der Waals surface area contributed by atoms with Crippen LogP contribution in [0.3, 0.4) is 0 Å². The van der Waals surface area contributed by atoms with Crippen LogP contribution < -0.4 is 5.73 Å². The predicted molar refractivity (Wildman–Crippen MR) is 117 cm³/mol. The number of hydrogen-bond donors (Lipinski definition) is 2. The zero-order valence-corrected chi connectivity index (χ0v) is 19.7. The summed E-state index contributed by atoms with van der Waals surface area (Å²) in [5.74, 6) is -0.0427. The van der Waals surface area contributed by atoms with Crippen molar-refractivity contribution in [3.63, 3.8) is 0 Å². The maximum Gasteiger partial charge on any atom is 0.472 e. The normalized spacial score (nSPS) is 14.4. The molecule has 0 aromatic rings. The molecule has 176 valence electrons. The number of carbonyl (C=O) groups is 2. The molecule has 11 heteroatoms. The Morgan fingerprint density at radius 3 is 2.53 bits per heavy atom. The highest BCUT2D eigenvalue weighted by molar-refractivity contribution is 7.99. The van der Waals surface area contributed by atoms with Gasteiger partial charge in [0.05, 0.1) is 19.0 Å². The van der Waals surface area contributed by atoms with Gasteiger partial charge in [-0.25, -0.2) is 4.57 Å². The summed E-state index contributed by atoms with van der Waals surface area (Å²) in [5, 5.41) is 0. The van der Waals surface area contributed by atoms with Crippen molar-refractivity contribution >= 4 is 31.5 Å². The number of hydrogen-bond acceptors (Lipinski definition) is 9. The molecular weight excluding hydrogens is 433 g/mol. The minimum atomic E-state index is -4.31. The molecular formula is C19H36NO8PS. The number of nitrogens with two attached hydrogens (primary N) is 1. The topological polar surface area (TPSA) is 134 Å². The van der Waals surface area contributed by atoms with Crippen LogP contribution in [0.2, 0.25) is 0 Å². The van der Waals surface area contributed by atoms with E-state index in [4.69, 9.17) is 19.7 Å². The molecule has 2 atom stereocenters. The molecule has 0 rings (SSSR count). The van der Waals surface area contributed by atoms with Gasteiger partial charge in [0.1, 0.15) is 6.61 Å². The highest BCUT2D eigenvalue weighted by Crippen LogP contribution is 2.43. The average Bonchev–Trinajstić information content (AvgIpc) is 2.69. The van der Waals surface area contributed by atoms with E-state index in [1.165, 1.54) is 25.1 Å². The summed E-state index contributed by atoms with van der Waals surface area (Å²) in [5.41, 5.74) is 5.19. The Labute approximate surface area is 183 Å². The van der Waals surface area contributed by atoms with Crippen LogP contribution in [-0.4, -0.2) is 60.8 Å². The van der Waals surface area contributed by atoms with Gasteiger partial charge >= 0.3 is 19.8 Å². The number of esters is 2. The average molecular weight is 470 g/mol. The van der Waals surface area contributed by atoms with Crippen molar-refractivity contribution in [2.45, 2.75) is 58.5 Å². The maximum absolute atomic E-state index is 11.8. The number of phosphoric acid groups is 1. The van der Waals surface area contributed by atoms with E-state index in [-0.39, 0.29) is 25.5 Å². The van der Waals surface area contributed by atoms with E-state index in [9.17, 15) is 19.0 Å². The molecule has 0 aliphatic carbocycles. The van der Waals surface area contributed by atoms with Crippen LogP contribution in [-0.2, 0) is 32.7 Å².